The van der Waals surface area contributed by atoms with Crippen LogP contribution in [0, 0.1) is 6.92 Å². The Labute approximate surface area is 143 Å². The molecule has 3 aromatic rings. The predicted molar refractivity (Wildman–Crippen MR) is 93.2 cm³/mol. The van der Waals surface area contributed by atoms with Crippen LogP contribution in [0.3, 0.4) is 0 Å². The summed E-state index contributed by atoms with van der Waals surface area (Å²) in [7, 11) is 0. The molecule has 0 aliphatic rings. The number of H-pyrrole nitrogens is 1. The van der Waals surface area contributed by atoms with Gasteiger partial charge in [-0.15, -0.1) is 0 Å². The summed E-state index contributed by atoms with van der Waals surface area (Å²) < 4.78 is 0. The lowest BCUT2D eigenvalue weighted by Gasteiger charge is -2.08. The summed E-state index contributed by atoms with van der Waals surface area (Å²) in [5.74, 6) is 0.441. The fourth-order valence-electron chi connectivity index (χ4n) is 2.18. The minimum atomic E-state index is -0.345. The second kappa shape index (κ2) is 6.44. The molecule has 0 spiro atoms. The molecule has 116 valence electrons. The van der Waals surface area contributed by atoms with E-state index in [9.17, 15) is 4.79 Å². The Morgan fingerprint density at radius 3 is 2.30 bits per heavy atom. The van der Waals surface area contributed by atoms with Crippen LogP contribution in [0.25, 0.3) is 11.4 Å². The Bertz CT molecular complexity index is 836. The molecule has 0 aliphatic carbocycles. The maximum atomic E-state index is 12.3. The molecule has 23 heavy (non-hydrogen) atoms. The average molecular weight is 346 g/mol. The highest BCUT2D eigenvalue weighted by Crippen LogP contribution is 2.26. The summed E-state index contributed by atoms with van der Waals surface area (Å²) in [4.78, 5) is 19.7. The molecule has 0 saturated carbocycles. The molecule has 4 nitrogen and oxygen atoms in total. The summed E-state index contributed by atoms with van der Waals surface area (Å²) in [5.41, 5.74) is 2.84. The smallest absolute Gasteiger partial charge is 0.258 e. The van der Waals surface area contributed by atoms with E-state index in [2.05, 4.69) is 15.3 Å². The van der Waals surface area contributed by atoms with E-state index in [-0.39, 0.29) is 11.5 Å². The summed E-state index contributed by atoms with van der Waals surface area (Å²) in [5, 5.41) is 3.42. The van der Waals surface area contributed by atoms with Crippen molar-refractivity contribution in [1.82, 2.24) is 9.97 Å². The molecule has 1 amide bonds. The minimum absolute atomic E-state index is 0.265. The van der Waals surface area contributed by atoms with Crippen molar-refractivity contribution in [3.8, 4) is 11.4 Å². The number of nitrogens with one attached hydrogen (secondary N) is 2. The van der Waals surface area contributed by atoms with Gasteiger partial charge in [-0.3, -0.25) is 4.79 Å². The van der Waals surface area contributed by atoms with Crippen LogP contribution in [0.2, 0.25) is 10.0 Å². The van der Waals surface area contributed by atoms with Crippen LogP contribution in [0.4, 0.5) is 5.69 Å². The number of imidazole rings is 1. The maximum absolute atomic E-state index is 12.3. The van der Waals surface area contributed by atoms with Gasteiger partial charge < -0.3 is 10.3 Å². The number of benzene rings is 2. The van der Waals surface area contributed by atoms with E-state index in [4.69, 9.17) is 23.2 Å². The van der Waals surface area contributed by atoms with Crippen LogP contribution in [0.15, 0.2) is 48.7 Å². The molecule has 0 atom stereocenters. The van der Waals surface area contributed by atoms with Crippen molar-refractivity contribution in [2.24, 2.45) is 0 Å². The fourth-order valence-corrected chi connectivity index (χ4v) is 2.75. The number of amides is 1. The van der Waals surface area contributed by atoms with Gasteiger partial charge in [-0.1, -0.05) is 29.3 Å². The van der Waals surface area contributed by atoms with Gasteiger partial charge >= 0.3 is 0 Å². The standard InChI is InChI=1S/C17H13Cl2N3O/c1-10-9-20-16(21-10)11-5-7-12(8-6-11)22-17(23)15-13(18)3-2-4-14(15)19/h2-9H,1H3,(H,20,21)(H,22,23). The number of anilines is 1. The zero-order valence-electron chi connectivity index (χ0n) is 12.2. The number of hydrogen-bond donors (Lipinski definition) is 2. The zero-order chi connectivity index (χ0) is 16.4. The first-order valence-electron chi connectivity index (χ1n) is 6.92. The molecule has 0 saturated heterocycles. The number of nitrogens with zero attached hydrogens (tertiary/aromatic N) is 1. The number of carbonyl (C=O) groups is 1. The molecule has 0 radical (unpaired) electrons. The maximum Gasteiger partial charge on any atom is 0.258 e. The van der Waals surface area contributed by atoms with Crippen LogP contribution >= 0.6 is 23.2 Å². The monoisotopic (exact) mass is 345 g/mol. The number of hydrogen-bond acceptors (Lipinski definition) is 2. The third kappa shape index (κ3) is 3.38. The average Bonchev–Trinajstić information content (AvgIpc) is 2.94. The van der Waals surface area contributed by atoms with Crippen molar-refractivity contribution >= 4 is 34.8 Å². The molecule has 2 aromatic carbocycles. The summed E-state index contributed by atoms with van der Waals surface area (Å²) in [6.07, 6.45) is 1.77. The summed E-state index contributed by atoms with van der Waals surface area (Å²) in [6.45, 7) is 1.94. The molecule has 0 unspecified atom stereocenters. The van der Waals surface area contributed by atoms with Gasteiger partial charge in [0.1, 0.15) is 5.82 Å². The largest absolute Gasteiger partial charge is 0.342 e. The SMILES string of the molecule is Cc1cnc(-c2ccc(NC(=O)c3c(Cl)cccc3Cl)cc2)[nH]1. The molecule has 3 rings (SSSR count). The van der Waals surface area contributed by atoms with E-state index >= 15 is 0 Å². The summed E-state index contributed by atoms with van der Waals surface area (Å²) in [6, 6.07) is 12.3. The molecule has 1 heterocycles. The van der Waals surface area contributed by atoms with Gasteiger partial charge in [-0.05, 0) is 43.3 Å². The Morgan fingerprint density at radius 1 is 1.09 bits per heavy atom. The van der Waals surface area contributed by atoms with Crippen LogP contribution in [-0.4, -0.2) is 15.9 Å². The van der Waals surface area contributed by atoms with Crippen molar-refractivity contribution in [3.05, 3.63) is 70.0 Å². The molecular formula is C17H13Cl2N3O. The van der Waals surface area contributed by atoms with E-state index in [1.165, 1.54) is 0 Å². The van der Waals surface area contributed by atoms with Crippen molar-refractivity contribution < 1.29 is 4.79 Å². The molecular weight excluding hydrogens is 333 g/mol. The van der Waals surface area contributed by atoms with Crippen molar-refractivity contribution in [2.75, 3.05) is 5.32 Å². The second-order valence-electron chi connectivity index (χ2n) is 5.04. The Morgan fingerprint density at radius 2 is 1.74 bits per heavy atom. The minimum Gasteiger partial charge on any atom is -0.342 e. The van der Waals surface area contributed by atoms with Crippen LogP contribution < -0.4 is 5.32 Å². The first-order valence-corrected chi connectivity index (χ1v) is 7.67. The normalized spacial score (nSPS) is 10.6. The van der Waals surface area contributed by atoms with Crippen molar-refractivity contribution in [2.45, 2.75) is 6.92 Å². The molecule has 0 aliphatic heterocycles. The van der Waals surface area contributed by atoms with Gasteiger partial charge in [-0.2, -0.15) is 0 Å². The Hall–Kier alpha value is -2.30. The lowest BCUT2D eigenvalue weighted by Crippen LogP contribution is -2.13. The number of rotatable bonds is 3. The van der Waals surface area contributed by atoms with Gasteiger partial charge in [0.05, 0.1) is 15.6 Å². The van der Waals surface area contributed by atoms with Crippen molar-refractivity contribution in [3.63, 3.8) is 0 Å². The van der Waals surface area contributed by atoms with E-state index in [1.54, 1.807) is 36.5 Å². The van der Waals surface area contributed by atoms with Crippen LogP contribution in [-0.2, 0) is 0 Å². The molecule has 0 fully saturated rings. The van der Waals surface area contributed by atoms with Crippen LogP contribution in [0.5, 0.6) is 0 Å². The van der Waals surface area contributed by atoms with Gasteiger partial charge in [0, 0.05) is 23.1 Å². The lowest BCUT2D eigenvalue weighted by molar-refractivity contribution is 0.102. The molecule has 6 heteroatoms. The molecule has 2 N–H and O–H groups in total. The Balaban J connectivity index is 1.79. The number of aromatic amines is 1. The second-order valence-corrected chi connectivity index (χ2v) is 5.86. The number of carbonyl (C=O) groups excluding carboxylic acids is 1. The highest BCUT2D eigenvalue weighted by Gasteiger charge is 2.14. The van der Waals surface area contributed by atoms with E-state index in [1.807, 2.05) is 19.1 Å². The Kier molecular flexibility index (Phi) is 4.37. The number of aryl methyl sites for hydroxylation is 1. The van der Waals surface area contributed by atoms with E-state index < -0.39 is 0 Å². The zero-order valence-corrected chi connectivity index (χ0v) is 13.7. The predicted octanol–water partition coefficient (Wildman–Crippen LogP) is 4.94. The van der Waals surface area contributed by atoms with Gasteiger partial charge in [-0.25, -0.2) is 4.98 Å². The first kappa shape index (κ1) is 15.6. The van der Waals surface area contributed by atoms with Gasteiger partial charge in [0.2, 0.25) is 0 Å². The van der Waals surface area contributed by atoms with E-state index in [0.29, 0.717) is 15.7 Å². The van der Waals surface area contributed by atoms with Gasteiger partial charge in [0.15, 0.2) is 0 Å². The first-order chi connectivity index (χ1) is 11.0. The third-order valence-electron chi connectivity index (χ3n) is 3.31. The topological polar surface area (TPSA) is 57.8 Å². The van der Waals surface area contributed by atoms with E-state index in [0.717, 1.165) is 17.1 Å². The third-order valence-corrected chi connectivity index (χ3v) is 3.94. The highest BCUT2D eigenvalue weighted by atomic mass is 35.5. The lowest BCUT2D eigenvalue weighted by atomic mass is 10.1. The van der Waals surface area contributed by atoms with Gasteiger partial charge in [0.25, 0.3) is 5.91 Å². The highest BCUT2D eigenvalue weighted by molar-refractivity contribution is 6.40. The quantitative estimate of drug-likeness (QED) is 0.705. The fraction of sp³-hybridized carbons (Fsp3) is 0.0588. The van der Waals surface area contributed by atoms with Crippen molar-refractivity contribution in [1.29, 1.82) is 0 Å². The van der Waals surface area contributed by atoms with Crippen LogP contribution in [0.1, 0.15) is 16.1 Å². The molecule has 0 bridgehead atoms. The number of halogens is 2. The molecule has 1 aromatic heterocycles. The number of aromatic nitrogens is 2. The summed E-state index contributed by atoms with van der Waals surface area (Å²) >= 11 is 12.1.